The Hall–Kier alpha value is -4.33. The molecule has 2 heterocycles. The van der Waals surface area contributed by atoms with Crippen molar-refractivity contribution in [2.24, 2.45) is 0 Å². The summed E-state index contributed by atoms with van der Waals surface area (Å²) in [5.74, 6) is 0.397. The first-order chi connectivity index (χ1) is 15.6. The number of nitrogens with one attached hydrogen (secondary N) is 1. The predicted molar refractivity (Wildman–Crippen MR) is 115 cm³/mol. The molecule has 4 amide bonds. The van der Waals surface area contributed by atoms with Gasteiger partial charge in [0.05, 0.1) is 12.8 Å². The molecular formula is C24H20N2O6. The third-order valence-corrected chi connectivity index (χ3v) is 4.63. The summed E-state index contributed by atoms with van der Waals surface area (Å²) in [5.41, 5.74) is 0.477. The van der Waals surface area contributed by atoms with E-state index in [-0.39, 0.29) is 12.1 Å². The van der Waals surface area contributed by atoms with E-state index in [4.69, 9.17) is 13.9 Å². The van der Waals surface area contributed by atoms with Crippen LogP contribution >= 0.6 is 0 Å². The zero-order chi connectivity index (χ0) is 22.3. The summed E-state index contributed by atoms with van der Waals surface area (Å²) < 4.78 is 16.4. The average molecular weight is 432 g/mol. The molecule has 0 spiro atoms. The van der Waals surface area contributed by atoms with Crippen molar-refractivity contribution >= 4 is 23.9 Å². The highest BCUT2D eigenvalue weighted by atomic mass is 16.5. The Bertz CT molecular complexity index is 1120. The van der Waals surface area contributed by atoms with E-state index in [0.29, 0.717) is 30.3 Å². The second-order valence-electron chi connectivity index (χ2n) is 6.87. The fourth-order valence-corrected chi connectivity index (χ4v) is 3.06. The molecule has 2 aromatic carbocycles. The second-order valence-corrected chi connectivity index (χ2v) is 6.87. The molecule has 3 aromatic rings. The first-order valence-corrected chi connectivity index (χ1v) is 9.92. The molecule has 8 heteroatoms. The zero-order valence-corrected chi connectivity index (χ0v) is 17.0. The van der Waals surface area contributed by atoms with Gasteiger partial charge in [-0.3, -0.25) is 19.8 Å². The van der Waals surface area contributed by atoms with Crippen molar-refractivity contribution in [3.8, 4) is 11.5 Å². The maximum atomic E-state index is 12.7. The molecule has 0 radical (unpaired) electrons. The van der Waals surface area contributed by atoms with Crippen LogP contribution in [0.15, 0.2) is 83.0 Å². The van der Waals surface area contributed by atoms with Crippen molar-refractivity contribution in [2.45, 2.75) is 6.54 Å². The fraction of sp³-hybridized carbons (Fsp3) is 0.125. The van der Waals surface area contributed by atoms with Gasteiger partial charge >= 0.3 is 6.03 Å². The van der Waals surface area contributed by atoms with Gasteiger partial charge in [-0.1, -0.05) is 30.3 Å². The smallest absolute Gasteiger partial charge is 0.331 e. The summed E-state index contributed by atoms with van der Waals surface area (Å²) in [6, 6.07) is 18.8. The molecule has 0 saturated carbocycles. The lowest BCUT2D eigenvalue weighted by atomic mass is 10.1. The van der Waals surface area contributed by atoms with E-state index in [0.717, 1.165) is 10.6 Å². The molecule has 8 nitrogen and oxygen atoms in total. The van der Waals surface area contributed by atoms with Crippen LogP contribution < -0.4 is 14.8 Å². The Morgan fingerprint density at radius 3 is 2.19 bits per heavy atom. The summed E-state index contributed by atoms with van der Waals surface area (Å²) >= 11 is 0. The number of benzene rings is 2. The minimum absolute atomic E-state index is 0.0693. The van der Waals surface area contributed by atoms with Crippen LogP contribution in [0.1, 0.15) is 11.3 Å². The van der Waals surface area contributed by atoms with Crippen LogP contribution in [0.3, 0.4) is 0 Å². The first-order valence-electron chi connectivity index (χ1n) is 9.92. The van der Waals surface area contributed by atoms with Gasteiger partial charge in [0.15, 0.2) is 0 Å². The van der Waals surface area contributed by atoms with E-state index in [2.05, 4.69) is 5.32 Å². The van der Waals surface area contributed by atoms with E-state index in [1.807, 2.05) is 30.3 Å². The maximum Gasteiger partial charge on any atom is 0.331 e. The fourth-order valence-electron chi connectivity index (χ4n) is 3.06. The van der Waals surface area contributed by atoms with Crippen LogP contribution in [0.25, 0.3) is 6.08 Å². The van der Waals surface area contributed by atoms with Crippen LogP contribution in [0.5, 0.6) is 11.5 Å². The highest BCUT2D eigenvalue weighted by Gasteiger charge is 2.36. The Morgan fingerprint density at radius 2 is 1.53 bits per heavy atom. The number of barbiturate groups is 1. The Balaban J connectivity index is 1.37. The van der Waals surface area contributed by atoms with Crippen LogP contribution in [0, 0.1) is 0 Å². The van der Waals surface area contributed by atoms with Crippen LogP contribution in [-0.2, 0) is 16.1 Å². The Kier molecular flexibility index (Phi) is 6.31. The highest BCUT2D eigenvalue weighted by molar-refractivity contribution is 6.30. The highest BCUT2D eigenvalue weighted by Crippen LogP contribution is 2.19. The molecule has 1 fully saturated rings. The normalized spacial score (nSPS) is 15.1. The quantitative estimate of drug-likeness (QED) is 0.333. The zero-order valence-electron chi connectivity index (χ0n) is 17.0. The van der Waals surface area contributed by atoms with E-state index in [1.165, 1.54) is 12.3 Å². The number of hydrogen-bond donors (Lipinski definition) is 1. The molecule has 1 aliphatic rings. The number of imide groups is 2. The van der Waals surface area contributed by atoms with Crippen LogP contribution in [0.2, 0.25) is 0 Å². The number of carbonyl (C=O) groups is 3. The van der Waals surface area contributed by atoms with Gasteiger partial charge in [-0.2, -0.15) is 0 Å². The number of ether oxygens (including phenoxy) is 2. The summed E-state index contributed by atoms with van der Waals surface area (Å²) in [6.45, 7) is 0.685. The number of para-hydroxylation sites is 1. The van der Waals surface area contributed by atoms with Crippen molar-refractivity contribution in [1.82, 2.24) is 10.2 Å². The molecule has 1 aliphatic heterocycles. The number of carbonyl (C=O) groups excluding carboxylic acids is 3. The third kappa shape index (κ3) is 5.04. The molecule has 1 N–H and O–H groups in total. The van der Waals surface area contributed by atoms with Crippen molar-refractivity contribution in [3.63, 3.8) is 0 Å². The van der Waals surface area contributed by atoms with Crippen molar-refractivity contribution in [3.05, 3.63) is 89.9 Å². The lowest BCUT2D eigenvalue weighted by Crippen LogP contribution is -2.53. The molecule has 0 atom stereocenters. The van der Waals surface area contributed by atoms with Crippen LogP contribution in [-0.4, -0.2) is 36.0 Å². The van der Waals surface area contributed by atoms with Gasteiger partial charge in [0.2, 0.25) is 0 Å². The van der Waals surface area contributed by atoms with Crippen LogP contribution in [0.4, 0.5) is 4.79 Å². The van der Waals surface area contributed by atoms with Gasteiger partial charge < -0.3 is 13.9 Å². The molecule has 1 saturated heterocycles. The standard InChI is InChI=1S/C24H20N2O6/c27-22-21(23(28)26(24(29)25-22)16-20-7-4-12-30-20)15-17-8-10-19(11-9-17)32-14-13-31-18-5-2-1-3-6-18/h1-12,15H,13-14,16H2,(H,25,27,29)/b21-15+. The van der Waals surface area contributed by atoms with Crippen molar-refractivity contribution < 1.29 is 28.3 Å². The molecule has 0 unspecified atom stereocenters. The average Bonchev–Trinajstić information content (AvgIpc) is 3.32. The molecule has 4 rings (SSSR count). The molecule has 0 aliphatic carbocycles. The van der Waals surface area contributed by atoms with Gasteiger partial charge in [0.25, 0.3) is 11.8 Å². The summed E-state index contributed by atoms with van der Waals surface area (Å²) in [7, 11) is 0. The topological polar surface area (TPSA) is 98.1 Å². The van der Waals surface area contributed by atoms with E-state index in [9.17, 15) is 14.4 Å². The summed E-state index contributed by atoms with van der Waals surface area (Å²) in [5, 5.41) is 2.18. The molecule has 0 bridgehead atoms. The Labute approximate surface area is 184 Å². The number of rotatable bonds is 8. The van der Waals surface area contributed by atoms with E-state index >= 15 is 0 Å². The molecule has 1 aromatic heterocycles. The minimum atomic E-state index is -0.782. The van der Waals surface area contributed by atoms with Crippen molar-refractivity contribution in [1.29, 1.82) is 0 Å². The summed E-state index contributed by atoms with van der Waals surface area (Å²) in [6.07, 6.45) is 2.88. The number of furan rings is 1. The number of amides is 4. The SMILES string of the molecule is O=C1NC(=O)N(Cc2ccco2)C(=O)/C1=C/c1ccc(OCCOc2ccccc2)cc1. The van der Waals surface area contributed by atoms with Gasteiger partial charge in [-0.15, -0.1) is 0 Å². The van der Waals surface area contributed by atoms with Gasteiger partial charge in [-0.05, 0) is 48.0 Å². The van der Waals surface area contributed by atoms with Gasteiger partial charge in [-0.25, -0.2) is 4.79 Å². The molecule has 32 heavy (non-hydrogen) atoms. The largest absolute Gasteiger partial charge is 0.490 e. The minimum Gasteiger partial charge on any atom is -0.490 e. The monoisotopic (exact) mass is 432 g/mol. The predicted octanol–water partition coefficient (Wildman–Crippen LogP) is 3.40. The van der Waals surface area contributed by atoms with Gasteiger partial charge in [0.1, 0.15) is 36.0 Å². The third-order valence-electron chi connectivity index (χ3n) is 4.63. The number of urea groups is 1. The molecule has 162 valence electrons. The summed E-state index contributed by atoms with van der Waals surface area (Å²) in [4.78, 5) is 38.0. The number of hydrogen-bond acceptors (Lipinski definition) is 6. The first kappa shape index (κ1) is 20.9. The lowest BCUT2D eigenvalue weighted by molar-refractivity contribution is -0.130. The van der Waals surface area contributed by atoms with Crippen molar-refractivity contribution in [2.75, 3.05) is 13.2 Å². The van der Waals surface area contributed by atoms with E-state index in [1.54, 1.807) is 36.4 Å². The Morgan fingerprint density at radius 1 is 0.844 bits per heavy atom. The lowest BCUT2D eigenvalue weighted by Gasteiger charge is -2.25. The molecular weight excluding hydrogens is 412 g/mol. The number of nitrogens with zero attached hydrogens (tertiary/aromatic N) is 1. The van der Waals surface area contributed by atoms with Gasteiger partial charge in [0, 0.05) is 0 Å². The second kappa shape index (κ2) is 9.65. The maximum absolute atomic E-state index is 12.7. The van der Waals surface area contributed by atoms with E-state index < -0.39 is 17.8 Å².